The van der Waals surface area contributed by atoms with Crippen LogP contribution in [-0.2, 0) is 6.61 Å². The van der Waals surface area contributed by atoms with Crippen molar-refractivity contribution >= 4 is 24.2 Å². The quantitative estimate of drug-likeness (QED) is 0.839. The molecule has 0 saturated heterocycles. The number of hydrogen-bond donors (Lipinski definition) is 2. The highest BCUT2D eigenvalue weighted by atomic mass is 35.5. The highest BCUT2D eigenvalue weighted by molar-refractivity contribution is 6.59. The van der Waals surface area contributed by atoms with Gasteiger partial charge in [0, 0.05) is 5.02 Å². The number of hydrogen-bond acceptors (Lipinski definition) is 3. The summed E-state index contributed by atoms with van der Waals surface area (Å²) < 4.78 is 5.69. The maximum Gasteiger partial charge on any atom is 0.488 e. The second-order valence-electron chi connectivity index (χ2n) is 4.27. The Labute approximate surface area is 117 Å². The van der Waals surface area contributed by atoms with Gasteiger partial charge in [0.1, 0.15) is 12.4 Å². The number of benzene rings is 2. The normalized spacial score (nSPS) is 10.3. The van der Waals surface area contributed by atoms with Crippen molar-refractivity contribution in [2.24, 2.45) is 0 Å². The van der Waals surface area contributed by atoms with Gasteiger partial charge in [-0.15, -0.1) is 0 Å². The van der Waals surface area contributed by atoms with Gasteiger partial charge in [-0.3, -0.25) is 0 Å². The summed E-state index contributed by atoms with van der Waals surface area (Å²) in [6.07, 6.45) is 0. The Kier molecular flexibility index (Phi) is 4.48. The van der Waals surface area contributed by atoms with Crippen LogP contribution in [0.25, 0.3) is 0 Å². The first-order valence-electron chi connectivity index (χ1n) is 5.91. The zero-order chi connectivity index (χ0) is 13.8. The standard InChI is InChI=1S/C14H14BClO3/c1-10-8-12(16)6-7-14(10)19-9-11-4-2-3-5-13(11)15(17)18/h2-8,17-18H,9H2,1H3. The van der Waals surface area contributed by atoms with Gasteiger partial charge in [0.15, 0.2) is 0 Å². The number of rotatable bonds is 4. The van der Waals surface area contributed by atoms with E-state index in [1.54, 1.807) is 30.3 Å². The van der Waals surface area contributed by atoms with Crippen LogP contribution in [0.1, 0.15) is 11.1 Å². The Bertz CT molecular complexity index is 572. The first kappa shape index (κ1) is 13.9. The van der Waals surface area contributed by atoms with Crippen LogP contribution in [0.3, 0.4) is 0 Å². The van der Waals surface area contributed by atoms with E-state index in [4.69, 9.17) is 16.3 Å². The predicted molar refractivity (Wildman–Crippen MR) is 76.8 cm³/mol. The van der Waals surface area contributed by atoms with Crippen LogP contribution in [0.5, 0.6) is 5.75 Å². The predicted octanol–water partition coefficient (Wildman–Crippen LogP) is 1.91. The molecule has 3 nitrogen and oxygen atoms in total. The highest BCUT2D eigenvalue weighted by Crippen LogP contribution is 2.22. The molecule has 2 N–H and O–H groups in total. The van der Waals surface area contributed by atoms with Crippen LogP contribution >= 0.6 is 11.6 Å². The fourth-order valence-electron chi connectivity index (χ4n) is 1.85. The fourth-order valence-corrected chi connectivity index (χ4v) is 2.07. The van der Waals surface area contributed by atoms with Crippen LogP contribution in [0.2, 0.25) is 5.02 Å². The van der Waals surface area contributed by atoms with Crippen molar-refractivity contribution in [3.63, 3.8) is 0 Å². The van der Waals surface area contributed by atoms with Gasteiger partial charge in [0.2, 0.25) is 0 Å². The average Bonchev–Trinajstić information content (AvgIpc) is 2.38. The van der Waals surface area contributed by atoms with Gasteiger partial charge >= 0.3 is 7.12 Å². The summed E-state index contributed by atoms with van der Waals surface area (Å²) in [5, 5.41) is 19.2. The van der Waals surface area contributed by atoms with E-state index in [-0.39, 0.29) is 6.61 Å². The molecule has 2 rings (SSSR count). The lowest BCUT2D eigenvalue weighted by atomic mass is 9.77. The van der Waals surface area contributed by atoms with E-state index in [2.05, 4.69) is 0 Å². The minimum atomic E-state index is -1.49. The molecule has 0 spiro atoms. The van der Waals surface area contributed by atoms with Crippen LogP contribution in [0.15, 0.2) is 42.5 Å². The minimum Gasteiger partial charge on any atom is -0.489 e. The van der Waals surface area contributed by atoms with E-state index in [0.717, 1.165) is 16.9 Å². The second-order valence-corrected chi connectivity index (χ2v) is 4.71. The molecule has 0 aromatic heterocycles. The molecule has 0 unspecified atom stereocenters. The van der Waals surface area contributed by atoms with E-state index >= 15 is 0 Å². The zero-order valence-corrected chi connectivity index (χ0v) is 11.3. The first-order chi connectivity index (χ1) is 9.08. The Balaban J connectivity index is 2.14. The largest absolute Gasteiger partial charge is 0.489 e. The molecule has 0 bridgehead atoms. The van der Waals surface area contributed by atoms with E-state index in [0.29, 0.717) is 10.5 Å². The molecule has 0 aliphatic rings. The van der Waals surface area contributed by atoms with Crippen LogP contribution in [0.4, 0.5) is 0 Å². The molecule has 0 saturated carbocycles. The number of ether oxygens (including phenoxy) is 1. The Hall–Kier alpha value is -1.49. The van der Waals surface area contributed by atoms with Crippen LogP contribution < -0.4 is 10.2 Å². The molecule has 0 atom stereocenters. The zero-order valence-electron chi connectivity index (χ0n) is 10.5. The van der Waals surface area contributed by atoms with Gasteiger partial charge in [0.25, 0.3) is 0 Å². The topological polar surface area (TPSA) is 49.7 Å². The van der Waals surface area contributed by atoms with E-state index in [9.17, 15) is 10.0 Å². The molecular weight excluding hydrogens is 262 g/mol. The van der Waals surface area contributed by atoms with Crippen molar-refractivity contribution in [1.82, 2.24) is 0 Å². The lowest BCUT2D eigenvalue weighted by Crippen LogP contribution is -2.33. The van der Waals surface area contributed by atoms with Crippen LogP contribution in [0, 0.1) is 6.92 Å². The molecule has 5 heteroatoms. The van der Waals surface area contributed by atoms with Gasteiger partial charge in [-0.2, -0.15) is 0 Å². The maximum atomic E-state index is 9.28. The lowest BCUT2D eigenvalue weighted by molar-refractivity contribution is 0.304. The van der Waals surface area contributed by atoms with Crippen molar-refractivity contribution in [3.8, 4) is 5.75 Å². The van der Waals surface area contributed by atoms with Gasteiger partial charge in [-0.05, 0) is 41.7 Å². The molecule has 0 fully saturated rings. The van der Waals surface area contributed by atoms with Crippen molar-refractivity contribution in [2.75, 3.05) is 0 Å². The summed E-state index contributed by atoms with van der Waals surface area (Å²) in [6.45, 7) is 2.18. The Morgan fingerprint density at radius 3 is 2.58 bits per heavy atom. The first-order valence-corrected chi connectivity index (χ1v) is 6.28. The number of aryl methyl sites for hydroxylation is 1. The molecule has 98 valence electrons. The summed E-state index contributed by atoms with van der Waals surface area (Å²) in [5.74, 6) is 0.728. The molecular formula is C14H14BClO3. The van der Waals surface area contributed by atoms with Crippen LogP contribution in [-0.4, -0.2) is 17.2 Å². The van der Waals surface area contributed by atoms with Gasteiger partial charge in [-0.25, -0.2) is 0 Å². The highest BCUT2D eigenvalue weighted by Gasteiger charge is 2.15. The van der Waals surface area contributed by atoms with E-state index < -0.39 is 7.12 Å². The van der Waals surface area contributed by atoms with Gasteiger partial charge in [0.05, 0.1) is 0 Å². The third-order valence-corrected chi connectivity index (χ3v) is 3.09. The summed E-state index contributed by atoms with van der Waals surface area (Å²) in [6, 6.07) is 12.4. The lowest BCUT2D eigenvalue weighted by Gasteiger charge is -2.12. The summed E-state index contributed by atoms with van der Waals surface area (Å²) >= 11 is 5.88. The van der Waals surface area contributed by atoms with E-state index in [1.807, 2.05) is 19.1 Å². The summed E-state index contributed by atoms with van der Waals surface area (Å²) in [5.41, 5.74) is 2.13. The molecule has 0 radical (unpaired) electrons. The number of halogens is 1. The molecule has 0 amide bonds. The minimum absolute atomic E-state index is 0.274. The fraction of sp³-hybridized carbons (Fsp3) is 0.143. The second kappa shape index (κ2) is 6.11. The Morgan fingerprint density at radius 1 is 1.16 bits per heavy atom. The third-order valence-electron chi connectivity index (χ3n) is 2.85. The van der Waals surface area contributed by atoms with Crippen molar-refractivity contribution in [3.05, 3.63) is 58.6 Å². The van der Waals surface area contributed by atoms with Gasteiger partial charge < -0.3 is 14.8 Å². The summed E-state index contributed by atoms with van der Waals surface area (Å²) in [4.78, 5) is 0. The molecule has 2 aromatic rings. The van der Waals surface area contributed by atoms with Gasteiger partial charge in [-0.1, -0.05) is 35.9 Å². The smallest absolute Gasteiger partial charge is 0.488 e. The molecule has 0 aliphatic heterocycles. The molecule has 0 aliphatic carbocycles. The third kappa shape index (κ3) is 3.50. The SMILES string of the molecule is Cc1cc(Cl)ccc1OCc1ccccc1B(O)O. The average molecular weight is 277 g/mol. The molecule has 2 aromatic carbocycles. The Morgan fingerprint density at radius 2 is 1.89 bits per heavy atom. The monoisotopic (exact) mass is 276 g/mol. The van der Waals surface area contributed by atoms with E-state index in [1.165, 1.54) is 0 Å². The van der Waals surface area contributed by atoms with Crippen molar-refractivity contribution in [2.45, 2.75) is 13.5 Å². The molecule has 0 heterocycles. The van der Waals surface area contributed by atoms with Crippen molar-refractivity contribution in [1.29, 1.82) is 0 Å². The van der Waals surface area contributed by atoms with Crippen molar-refractivity contribution < 1.29 is 14.8 Å². The molecule has 19 heavy (non-hydrogen) atoms. The maximum absolute atomic E-state index is 9.28. The summed E-state index contributed by atoms with van der Waals surface area (Å²) in [7, 11) is -1.49.